The van der Waals surface area contributed by atoms with E-state index >= 15 is 0 Å². The zero-order valence-corrected chi connectivity index (χ0v) is 9.50. The third kappa shape index (κ3) is 3.01. The van der Waals surface area contributed by atoms with Crippen molar-refractivity contribution in [2.24, 2.45) is 0 Å². The SMILES string of the molecule is Clc1nc(Cl)nc(NCCc2ncn[nH]2)n1. The normalized spacial score (nSPS) is 10.4. The van der Waals surface area contributed by atoms with Crippen molar-refractivity contribution in [1.82, 2.24) is 30.1 Å². The first-order valence-corrected chi connectivity index (χ1v) is 5.15. The molecule has 0 unspecified atom stereocenters. The molecule has 7 nitrogen and oxygen atoms in total. The maximum atomic E-state index is 5.61. The third-order valence-electron chi connectivity index (χ3n) is 1.69. The lowest BCUT2D eigenvalue weighted by Gasteiger charge is -2.02. The van der Waals surface area contributed by atoms with Crippen molar-refractivity contribution < 1.29 is 0 Å². The van der Waals surface area contributed by atoms with E-state index in [1.807, 2.05) is 0 Å². The van der Waals surface area contributed by atoms with Gasteiger partial charge in [0.2, 0.25) is 16.5 Å². The number of nitrogens with one attached hydrogen (secondary N) is 2. The summed E-state index contributed by atoms with van der Waals surface area (Å²) in [5.41, 5.74) is 0. The quantitative estimate of drug-likeness (QED) is 0.850. The zero-order valence-electron chi connectivity index (χ0n) is 7.98. The van der Waals surface area contributed by atoms with Gasteiger partial charge >= 0.3 is 0 Å². The highest BCUT2D eigenvalue weighted by atomic mass is 35.5. The highest BCUT2D eigenvalue weighted by Gasteiger charge is 2.02. The molecule has 2 aromatic rings. The molecule has 2 heterocycles. The standard InChI is InChI=1S/C7H7Cl2N7/c8-5-13-6(9)15-7(14-5)10-2-1-4-11-3-12-16-4/h3H,1-2H2,(H,11,12,16)(H,10,13,14,15). The molecule has 16 heavy (non-hydrogen) atoms. The minimum Gasteiger partial charge on any atom is -0.354 e. The Morgan fingerprint density at radius 3 is 2.56 bits per heavy atom. The van der Waals surface area contributed by atoms with Crippen LogP contribution in [0.2, 0.25) is 10.6 Å². The van der Waals surface area contributed by atoms with Gasteiger partial charge in [0.15, 0.2) is 0 Å². The van der Waals surface area contributed by atoms with Crippen molar-refractivity contribution in [3.05, 3.63) is 22.7 Å². The fraction of sp³-hybridized carbons (Fsp3) is 0.286. The molecular formula is C7H7Cl2N7. The molecule has 0 spiro atoms. The highest BCUT2D eigenvalue weighted by Crippen LogP contribution is 2.09. The van der Waals surface area contributed by atoms with Crippen LogP contribution in [-0.4, -0.2) is 36.7 Å². The number of H-pyrrole nitrogens is 1. The molecule has 0 atom stereocenters. The molecule has 9 heteroatoms. The van der Waals surface area contributed by atoms with Crippen LogP contribution >= 0.6 is 23.2 Å². The van der Waals surface area contributed by atoms with Gasteiger partial charge in [-0.1, -0.05) is 0 Å². The molecule has 0 aliphatic carbocycles. The van der Waals surface area contributed by atoms with Crippen LogP contribution in [0.5, 0.6) is 0 Å². The number of hydrogen-bond donors (Lipinski definition) is 2. The monoisotopic (exact) mass is 259 g/mol. The van der Waals surface area contributed by atoms with Crippen molar-refractivity contribution in [1.29, 1.82) is 0 Å². The van der Waals surface area contributed by atoms with Gasteiger partial charge in [0.05, 0.1) is 0 Å². The summed E-state index contributed by atoms with van der Waals surface area (Å²) in [4.78, 5) is 15.3. The van der Waals surface area contributed by atoms with Gasteiger partial charge < -0.3 is 5.32 Å². The molecule has 2 aromatic heterocycles. The summed E-state index contributed by atoms with van der Waals surface area (Å²) in [6.07, 6.45) is 2.12. The molecule has 0 bridgehead atoms. The smallest absolute Gasteiger partial charge is 0.228 e. The maximum absolute atomic E-state index is 5.61. The Hall–Kier alpha value is -1.47. The van der Waals surface area contributed by atoms with E-state index in [1.54, 1.807) is 0 Å². The average Bonchev–Trinajstić information content (AvgIpc) is 2.69. The molecule has 0 fully saturated rings. The van der Waals surface area contributed by atoms with Crippen molar-refractivity contribution in [2.75, 3.05) is 11.9 Å². The molecule has 84 valence electrons. The molecule has 2 rings (SSSR count). The van der Waals surface area contributed by atoms with Crippen molar-refractivity contribution >= 4 is 29.2 Å². The van der Waals surface area contributed by atoms with Crippen LogP contribution < -0.4 is 5.32 Å². The average molecular weight is 260 g/mol. The van der Waals surface area contributed by atoms with Gasteiger partial charge in [-0.15, -0.1) is 0 Å². The molecule has 0 aliphatic heterocycles. The minimum absolute atomic E-state index is 0.0576. The van der Waals surface area contributed by atoms with E-state index in [2.05, 4.69) is 35.5 Å². The van der Waals surface area contributed by atoms with Gasteiger partial charge in [-0.25, -0.2) is 4.98 Å². The lowest BCUT2D eigenvalue weighted by molar-refractivity contribution is 0.886. The van der Waals surface area contributed by atoms with E-state index in [-0.39, 0.29) is 10.6 Å². The molecule has 0 amide bonds. The second-order valence-corrected chi connectivity index (χ2v) is 3.48. The maximum Gasteiger partial charge on any atom is 0.228 e. The first kappa shape index (κ1) is 11.0. The van der Waals surface area contributed by atoms with E-state index in [0.29, 0.717) is 18.9 Å². The van der Waals surface area contributed by atoms with Crippen LogP contribution in [0.25, 0.3) is 0 Å². The molecule has 0 saturated carbocycles. The zero-order chi connectivity index (χ0) is 11.4. The topological polar surface area (TPSA) is 92.3 Å². The fourth-order valence-corrected chi connectivity index (χ4v) is 1.41. The summed E-state index contributed by atoms with van der Waals surface area (Å²) in [5.74, 6) is 1.11. The fourth-order valence-electron chi connectivity index (χ4n) is 1.05. The Labute approximate surface area is 101 Å². The predicted molar refractivity (Wildman–Crippen MR) is 58.4 cm³/mol. The van der Waals surface area contributed by atoms with Gasteiger partial charge in [-0.2, -0.15) is 20.1 Å². The number of anilines is 1. The Kier molecular flexibility index (Phi) is 3.47. The number of aromatic amines is 1. The number of aromatic nitrogens is 6. The number of halogens is 2. The first-order valence-electron chi connectivity index (χ1n) is 4.39. The van der Waals surface area contributed by atoms with E-state index in [1.165, 1.54) is 6.33 Å². The second-order valence-electron chi connectivity index (χ2n) is 2.81. The highest BCUT2D eigenvalue weighted by molar-refractivity contribution is 6.31. The molecule has 2 N–H and O–H groups in total. The molecule has 0 radical (unpaired) electrons. The summed E-state index contributed by atoms with van der Waals surface area (Å²) in [7, 11) is 0. The molecule has 0 aromatic carbocycles. The van der Waals surface area contributed by atoms with Crippen LogP contribution in [0.3, 0.4) is 0 Å². The minimum atomic E-state index is 0.0576. The third-order valence-corrected chi connectivity index (χ3v) is 2.03. The number of nitrogens with zero attached hydrogens (tertiary/aromatic N) is 5. The van der Waals surface area contributed by atoms with Gasteiger partial charge in [-0.3, -0.25) is 5.10 Å². The largest absolute Gasteiger partial charge is 0.354 e. The Morgan fingerprint density at radius 1 is 1.19 bits per heavy atom. The number of hydrogen-bond acceptors (Lipinski definition) is 6. The van der Waals surface area contributed by atoms with Gasteiger partial charge in [0.1, 0.15) is 12.2 Å². The van der Waals surface area contributed by atoms with Gasteiger partial charge in [-0.05, 0) is 23.2 Å². The van der Waals surface area contributed by atoms with Crippen LogP contribution in [-0.2, 0) is 6.42 Å². The summed E-state index contributed by atoms with van der Waals surface area (Å²) in [6.45, 7) is 0.589. The Balaban J connectivity index is 1.89. The van der Waals surface area contributed by atoms with Crippen molar-refractivity contribution in [2.45, 2.75) is 6.42 Å². The lowest BCUT2D eigenvalue weighted by Crippen LogP contribution is -2.09. The molecule has 0 saturated heterocycles. The van der Waals surface area contributed by atoms with Crippen LogP contribution in [0.1, 0.15) is 5.82 Å². The molecular weight excluding hydrogens is 253 g/mol. The van der Waals surface area contributed by atoms with Crippen LogP contribution in [0.4, 0.5) is 5.95 Å². The molecule has 0 aliphatic rings. The van der Waals surface area contributed by atoms with E-state index in [4.69, 9.17) is 23.2 Å². The Bertz CT molecular complexity index is 438. The Morgan fingerprint density at radius 2 is 1.94 bits per heavy atom. The first-order chi connectivity index (χ1) is 7.74. The second kappa shape index (κ2) is 5.04. The van der Waals surface area contributed by atoms with E-state index in [9.17, 15) is 0 Å². The van der Waals surface area contributed by atoms with E-state index < -0.39 is 0 Å². The summed E-state index contributed by atoms with van der Waals surface area (Å²) < 4.78 is 0. The van der Waals surface area contributed by atoms with Crippen LogP contribution in [0.15, 0.2) is 6.33 Å². The summed E-state index contributed by atoms with van der Waals surface area (Å²) >= 11 is 11.2. The van der Waals surface area contributed by atoms with Crippen LogP contribution in [0, 0.1) is 0 Å². The van der Waals surface area contributed by atoms with Gasteiger partial charge in [0.25, 0.3) is 0 Å². The van der Waals surface area contributed by atoms with Crippen molar-refractivity contribution in [3.8, 4) is 0 Å². The summed E-state index contributed by atoms with van der Waals surface area (Å²) in [5, 5.41) is 9.53. The van der Waals surface area contributed by atoms with E-state index in [0.717, 1.165) is 5.82 Å². The lowest BCUT2D eigenvalue weighted by atomic mass is 10.4. The summed E-state index contributed by atoms with van der Waals surface area (Å²) in [6, 6.07) is 0. The number of rotatable bonds is 4. The predicted octanol–water partition coefficient (Wildman–Crippen LogP) is 0.951. The van der Waals surface area contributed by atoms with Crippen molar-refractivity contribution in [3.63, 3.8) is 0 Å². The van der Waals surface area contributed by atoms with Gasteiger partial charge in [0, 0.05) is 13.0 Å².